The summed E-state index contributed by atoms with van der Waals surface area (Å²) in [5.74, 6) is 1.37. The fourth-order valence-corrected chi connectivity index (χ4v) is 4.22. The van der Waals surface area contributed by atoms with Gasteiger partial charge in [0.15, 0.2) is 0 Å². The number of imidazole rings is 1. The largest absolute Gasteiger partial charge is 0.337 e. The molecule has 1 aromatic rings. The Morgan fingerprint density at radius 1 is 0.909 bits per heavy atom. The van der Waals surface area contributed by atoms with Crippen LogP contribution in [-0.2, 0) is 6.54 Å². The second kappa shape index (κ2) is 14.2. The van der Waals surface area contributed by atoms with Crippen molar-refractivity contribution in [2.24, 2.45) is 0 Å². The van der Waals surface area contributed by atoms with Crippen LogP contribution >= 0.6 is 11.8 Å². The molecule has 0 aliphatic rings. The zero-order valence-electron chi connectivity index (χ0n) is 14.8. The number of aromatic nitrogens is 2. The summed E-state index contributed by atoms with van der Waals surface area (Å²) in [4.78, 5) is 4.10. The van der Waals surface area contributed by atoms with Crippen LogP contribution in [-0.4, -0.2) is 20.6 Å². The lowest BCUT2D eigenvalue weighted by Gasteiger charge is -2.16. The first-order valence-electron chi connectivity index (χ1n) is 9.44. The maximum Gasteiger partial charge on any atom is 0.0945 e. The van der Waals surface area contributed by atoms with Crippen LogP contribution in [0.15, 0.2) is 18.7 Å². The van der Waals surface area contributed by atoms with Crippen molar-refractivity contribution < 1.29 is 0 Å². The van der Waals surface area contributed by atoms with Crippen LogP contribution in [0.2, 0.25) is 0 Å². The van der Waals surface area contributed by atoms with Crippen LogP contribution < -0.4 is 0 Å². The Labute approximate surface area is 142 Å². The predicted octanol–water partition coefficient (Wildman–Crippen LogP) is 6.32. The Hall–Kier alpha value is -0.440. The van der Waals surface area contributed by atoms with E-state index in [9.17, 15) is 0 Å². The number of hydrogen-bond donors (Lipinski definition) is 0. The Morgan fingerprint density at radius 3 is 2.27 bits per heavy atom. The molecule has 1 rings (SSSR count). The summed E-state index contributed by atoms with van der Waals surface area (Å²) in [6, 6.07) is 0. The third-order valence-corrected chi connectivity index (χ3v) is 5.70. The average molecular weight is 325 g/mol. The van der Waals surface area contributed by atoms with E-state index in [4.69, 9.17) is 0 Å². The lowest BCUT2D eigenvalue weighted by atomic mass is 10.1. The van der Waals surface area contributed by atoms with Gasteiger partial charge in [0.2, 0.25) is 0 Å². The molecule has 0 amide bonds. The normalized spacial score (nSPS) is 12.6. The van der Waals surface area contributed by atoms with E-state index < -0.39 is 0 Å². The summed E-state index contributed by atoms with van der Waals surface area (Å²) in [7, 11) is 0. The summed E-state index contributed by atoms with van der Waals surface area (Å²) in [6.07, 6.45) is 21.1. The number of unbranched alkanes of at least 4 members (excludes halogenated alkanes) is 6. The number of hydrogen-bond acceptors (Lipinski definition) is 2. The Kier molecular flexibility index (Phi) is 12.6. The van der Waals surface area contributed by atoms with Gasteiger partial charge in [-0.05, 0) is 31.4 Å². The molecule has 22 heavy (non-hydrogen) atoms. The second-order valence-electron chi connectivity index (χ2n) is 6.35. The molecular weight excluding hydrogens is 288 g/mol. The van der Waals surface area contributed by atoms with Gasteiger partial charge < -0.3 is 4.57 Å². The van der Waals surface area contributed by atoms with Crippen LogP contribution in [0.3, 0.4) is 0 Å². The third kappa shape index (κ3) is 10.3. The minimum atomic E-state index is 0.914. The molecule has 0 spiro atoms. The van der Waals surface area contributed by atoms with Gasteiger partial charge in [-0.3, -0.25) is 0 Å². The zero-order chi connectivity index (χ0) is 15.9. The standard InChI is InChI=1S/C19H36N2S/c1-3-5-7-9-12-19(22-17-6-4-2)13-10-8-11-15-21-16-14-20-18-21/h14,16,18-19H,3-13,15,17H2,1-2H3. The highest BCUT2D eigenvalue weighted by Crippen LogP contribution is 2.25. The third-order valence-electron chi connectivity index (χ3n) is 4.23. The van der Waals surface area contributed by atoms with E-state index >= 15 is 0 Å². The van der Waals surface area contributed by atoms with Gasteiger partial charge in [0.1, 0.15) is 0 Å². The fraction of sp³-hybridized carbons (Fsp3) is 0.842. The molecule has 0 aliphatic heterocycles. The molecule has 0 saturated carbocycles. The van der Waals surface area contributed by atoms with Crippen molar-refractivity contribution in [3.8, 4) is 0 Å². The van der Waals surface area contributed by atoms with Crippen LogP contribution in [0.25, 0.3) is 0 Å². The molecule has 1 heterocycles. The molecule has 0 radical (unpaired) electrons. The van der Waals surface area contributed by atoms with E-state index in [1.807, 2.05) is 12.5 Å². The highest BCUT2D eigenvalue weighted by Gasteiger charge is 2.08. The van der Waals surface area contributed by atoms with Crippen LogP contribution in [0.1, 0.15) is 84.5 Å². The Bertz CT molecular complexity index is 324. The smallest absolute Gasteiger partial charge is 0.0945 e. The first-order chi connectivity index (χ1) is 10.9. The SMILES string of the molecule is CCCCCCC(CCCCCn1ccnc1)SCCCC. The van der Waals surface area contributed by atoms with Gasteiger partial charge in [0.05, 0.1) is 6.33 Å². The quantitative estimate of drug-likeness (QED) is 0.351. The van der Waals surface area contributed by atoms with Crippen molar-refractivity contribution in [2.45, 2.75) is 96.3 Å². The molecule has 0 aliphatic carbocycles. The van der Waals surface area contributed by atoms with Crippen molar-refractivity contribution >= 4 is 11.8 Å². The molecule has 1 aromatic heterocycles. The lowest BCUT2D eigenvalue weighted by Crippen LogP contribution is -2.05. The molecule has 0 aromatic carbocycles. The van der Waals surface area contributed by atoms with Crippen molar-refractivity contribution in [3.05, 3.63) is 18.7 Å². The maximum absolute atomic E-state index is 4.10. The first-order valence-corrected chi connectivity index (χ1v) is 10.5. The molecule has 3 heteroatoms. The van der Waals surface area contributed by atoms with E-state index in [1.165, 1.54) is 76.4 Å². The van der Waals surface area contributed by atoms with Crippen LogP contribution in [0.5, 0.6) is 0 Å². The van der Waals surface area contributed by atoms with E-state index in [1.54, 1.807) is 0 Å². The van der Waals surface area contributed by atoms with Gasteiger partial charge in [-0.1, -0.05) is 58.8 Å². The molecular formula is C19H36N2S. The highest BCUT2D eigenvalue weighted by atomic mass is 32.2. The summed E-state index contributed by atoms with van der Waals surface area (Å²) in [5.41, 5.74) is 0. The Morgan fingerprint density at radius 2 is 1.64 bits per heavy atom. The van der Waals surface area contributed by atoms with Gasteiger partial charge >= 0.3 is 0 Å². The summed E-state index contributed by atoms with van der Waals surface area (Å²) >= 11 is 2.24. The second-order valence-corrected chi connectivity index (χ2v) is 7.75. The minimum Gasteiger partial charge on any atom is -0.337 e. The van der Waals surface area contributed by atoms with Crippen LogP contribution in [0, 0.1) is 0 Å². The summed E-state index contributed by atoms with van der Waals surface area (Å²) < 4.78 is 2.19. The zero-order valence-corrected chi connectivity index (χ0v) is 15.6. The molecule has 1 unspecified atom stereocenters. The van der Waals surface area contributed by atoms with Crippen LogP contribution in [0.4, 0.5) is 0 Å². The highest BCUT2D eigenvalue weighted by molar-refractivity contribution is 7.99. The number of aryl methyl sites for hydroxylation is 1. The van der Waals surface area contributed by atoms with Gasteiger partial charge in [-0.2, -0.15) is 11.8 Å². The molecule has 0 bridgehead atoms. The number of rotatable bonds is 15. The molecule has 1 atom stereocenters. The van der Waals surface area contributed by atoms with E-state index in [2.05, 4.69) is 41.4 Å². The van der Waals surface area contributed by atoms with E-state index in [0.717, 1.165) is 11.8 Å². The first kappa shape index (κ1) is 19.6. The summed E-state index contributed by atoms with van der Waals surface area (Å²) in [6.45, 7) is 5.73. The minimum absolute atomic E-state index is 0.914. The van der Waals surface area contributed by atoms with Gasteiger partial charge in [0, 0.05) is 24.2 Å². The predicted molar refractivity (Wildman–Crippen MR) is 101 cm³/mol. The van der Waals surface area contributed by atoms with Crippen molar-refractivity contribution in [1.29, 1.82) is 0 Å². The monoisotopic (exact) mass is 324 g/mol. The number of thioether (sulfide) groups is 1. The molecule has 2 nitrogen and oxygen atoms in total. The number of nitrogens with zero attached hydrogens (tertiary/aromatic N) is 2. The van der Waals surface area contributed by atoms with E-state index in [-0.39, 0.29) is 0 Å². The molecule has 128 valence electrons. The van der Waals surface area contributed by atoms with Gasteiger partial charge in [0.25, 0.3) is 0 Å². The summed E-state index contributed by atoms with van der Waals surface area (Å²) in [5, 5.41) is 0.914. The van der Waals surface area contributed by atoms with E-state index in [0.29, 0.717) is 0 Å². The molecule has 0 N–H and O–H groups in total. The van der Waals surface area contributed by atoms with Gasteiger partial charge in [-0.25, -0.2) is 4.98 Å². The topological polar surface area (TPSA) is 17.8 Å². The van der Waals surface area contributed by atoms with Crippen molar-refractivity contribution in [2.75, 3.05) is 5.75 Å². The fourth-order valence-electron chi connectivity index (χ4n) is 2.77. The van der Waals surface area contributed by atoms with Gasteiger partial charge in [-0.15, -0.1) is 0 Å². The maximum atomic E-state index is 4.10. The Balaban J connectivity index is 2.09. The lowest BCUT2D eigenvalue weighted by molar-refractivity contribution is 0.541. The molecule has 0 saturated heterocycles. The average Bonchev–Trinajstić information content (AvgIpc) is 3.04. The van der Waals surface area contributed by atoms with Crippen molar-refractivity contribution in [1.82, 2.24) is 9.55 Å². The molecule has 0 fully saturated rings. The van der Waals surface area contributed by atoms with Crippen molar-refractivity contribution in [3.63, 3.8) is 0 Å².